The molecule has 1 rings (SSSR count). The first-order chi connectivity index (χ1) is 14.3. The molecule has 0 saturated carbocycles. The summed E-state index contributed by atoms with van der Waals surface area (Å²) in [5, 5.41) is 19.2. The minimum atomic E-state index is -6.45. The lowest BCUT2D eigenvalue weighted by molar-refractivity contribution is -0.272. The van der Waals surface area contributed by atoms with Gasteiger partial charge >= 0.3 is 43.7 Å². The molecule has 4 nitrogen and oxygen atoms in total. The summed E-state index contributed by atoms with van der Waals surface area (Å²) in [6, 6.07) is -0.687. The van der Waals surface area contributed by atoms with Gasteiger partial charge in [-0.2, -0.15) is 35.1 Å². The van der Waals surface area contributed by atoms with Gasteiger partial charge in [0.05, 0.1) is 16.8 Å². The Morgan fingerprint density at radius 3 is 1.72 bits per heavy atom. The fraction of sp³-hybridized carbons (Fsp3) is 0.400. The zero-order valence-corrected chi connectivity index (χ0v) is 15.0. The summed E-state index contributed by atoms with van der Waals surface area (Å²) in [4.78, 5) is 11.5. The highest BCUT2D eigenvalue weighted by molar-refractivity contribution is 6.59. The van der Waals surface area contributed by atoms with Crippen LogP contribution in [0.5, 0.6) is 0 Å². The van der Waals surface area contributed by atoms with Gasteiger partial charge in [0.2, 0.25) is 5.91 Å². The molecule has 0 aliphatic heterocycles. The van der Waals surface area contributed by atoms with Crippen molar-refractivity contribution in [2.75, 3.05) is 5.32 Å². The largest absolute Gasteiger partial charge is 0.489 e. The van der Waals surface area contributed by atoms with Crippen molar-refractivity contribution in [3.63, 3.8) is 0 Å². The smallest absolute Gasteiger partial charge is 0.423 e. The summed E-state index contributed by atoms with van der Waals surface area (Å²) < 4.78 is 162. The third kappa shape index (κ3) is 4.39. The van der Waals surface area contributed by atoms with E-state index in [0.29, 0.717) is 0 Å². The fourth-order valence-electron chi connectivity index (χ4n) is 2.36. The molecule has 0 spiro atoms. The average molecular weight is 491 g/mol. The highest BCUT2D eigenvalue weighted by Crippen LogP contribution is 2.53. The molecule has 1 amide bonds. The molecule has 0 fully saturated rings. The summed E-state index contributed by atoms with van der Waals surface area (Å²) in [6.07, 6.45) is -10.3. The third-order valence-corrected chi connectivity index (χ3v) is 3.99. The molecule has 0 aliphatic rings. The highest BCUT2D eigenvalue weighted by Gasteiger charge is 2.68. The molecular formula is C15H10BF12NO3. The van der Waals surface area contributed by atoms with Crippen LogP contribution in [0.1, 0.15) is 11.1 Å². The van der Waals surface area contributed by atoms with Crippen LogP contribution in [0.2, 0.25) is 0 Å². The van der Waals surface area contributed by atoms with E-state index >= 15 is 0 Å². The number of amides is 1. The number of benzene rings is 1. The molecule has 0 aliphatic carbocycles. The van der Waals surface area contributed by atoms with Gasteiger partial charge in [0.15, 0.2) is 0 Å². The van der Waals surface area contributed by atoms with Crippen LogP contribution in [-0.2, 0) is 16.6 Å². The van der Waals surface area contributed by atoms with Crippen LogP contribution in [0.25, 0.3) is 0 Å². The van der Waals surface area contributed by atoms with Crippen molar-refractivity contribution in [2.24, 2.45) is 0 Å². The standard InChI is InChI=1S/C15H10BF12NO3/c1-2-7(30)29-9-5(12(21,22)14(25,26)10(17)18)3-4-6(16(31)32)8(9)13(23,24)15(27,28)11(19)20/h2-4,10-11,31-32H,1H2,(H,29,30). The summed E-state index contributed by atoms with van der Waals surface area (Å²) in [6.45, 7) is 2.73. The first-order valence-electron chi connectivity index (χ1n) is 7.83. The normalized spacial score (nSPS) is 13.5. The molecule has 1 aromatic rings. The number of halogens is 12. The molecule has 0 atom stereocenters. The van der Waals surface area contributed by atoms with Crippen LogP contribution in [0.3, 0.4) is 0 Å². The highest BCUT2D eigenvalue weighted by atomic mass is 19.4. The molecule has 0 unspecified atom stereocenters. The SMILES string of the molecule is C=CC(=O)Nc1c(C(F)(F)C(F)(F)C(F)F)ccc(B(O)O)c1C(F)(F)C(F)(F)C(F)F. The Morgan fingerprint density at radius 2 is 1.34 bits per heavy atom. The van der Waals surface area contributed by atoms with Crippen LogP contribution in [0.4, 0.5) is 58.4 Å². The van der Waals surface area contributed by atoms with Crippen LogP contribution in [0, 0.1) is 0 Å². The average Bonchev–Trinajstić information content (AvgIpc) is 2.66. The first kappa shape index (κ1) is 27.6. The Balaban J connectivity index is 4.21. The number of hydrogen-bond donors (Lipinski definition) is 3. The number of carbonyl (C=O) groups excluding carboxylic acids is 1. The second-order valence-electron chi connectivity index (χ2n) is 6.02. The van der Waals surface area contributed by atoms with Gasteiger partial charge in [0.25, 0.3) is 0 Å². The zero-order chi connectivity index (χ0) is 25.4. The van der Waals surface area contributed by atoms with E-state index in [1.165, 1.54) is 0 Å². The monoisotopic (exact) mass is 491 g/mol. The van der Waals surface area contributed by atoms with E-state index < -0.39 is 71.8 Å². The van der Waals surface area contributed by atoms with E-state index in [1.807, 2.05) is 0 Å². The number of carbonyl (C=O) groups is 1. The van der Waals surface area contributed by atoms with Crippen LogP contribution in [0.15, 0.2) is 24.8 Å². The molecule has 3 N–H and O–H groups in total. The Bertz CT molecular complexity index is 875. The number of rotatable bonds is 9. The summed E-state index contributed by atoms with van der Waals surface area (Å²) in [5.41, 5.74) is -9.86. The Hall–Kier alpha value is -2.43. The summed E-state index contributed by atoms with van der Waals surface area (Å²) in [5.74, 6) is -27.2. The molecule has 180 valence electrons. The minimum Gasteiger partial charge on any atom is -0.423 e. The van der Waals surface area contributed by atoms with Gasteiger partial charge in [0.1, 0.15) is 0 Å². The number of nitrogens with one attached hydrogen (secondary N) is 1. The van der Waals surface area contributed by atoms with Gasteiger partial charge in [-0.1, -0.05) is 18.7 Å². The maximum Gasteiger partial charge on any atom is 0.489 e. The maximum absolute atomic E-state index is 14.4. The predicted octanol–water partition coefficient (Wildman–Crippen LogP) is 3.48. The molecule has 0 heterocycles. The van der Waals surface area contributed by atoms with Gasteiger partial charge < -0.3 is 15.4 Å². The van der Waals surface area contributed by atoms with Gasteiger partial charge in [-0.25, -0.2) is 17.6 Å². The van der Waals surface area contributed by atoms with Crippen molar-refractivity contribution in [1.82, 2.24) is 0 Å². The molecule has 0 aromatic heterocycles. The Kier molecular flexibility index (Phi) is 7.63. The first-order valence-corrected chi connectivity index (χ1v) is 7.83. The second kappa shape index (κ2) is 8.84. The zero-order valence-electron chi connectivity index (χ0n) is 15.0. The summed E-state index contributed by atoms with van der Waals surface area (Å²) >= 11 is 0. The molecule has 0 bridgehead atoms. The van der Waals surface area contributed by atoms with Crippen LogP contribution >= 0.6 is 0 Å². The van der Waals surface area contributed by atoms with Crippen molar-refractivity contribution < 1.29 is 67.5 Å². The van der Waals surface area contributed by atoms with Crippen molar-refractivity contribution in [2.45, 2.75) is 36.5 Å². The Labute approximate surface area is 170 Å². The lowest BCUT2D eigenvalue weighted by atomic mass is 9.72. The van der Waals surface area contributed by atoms with Gasteiger partial charge in [-0.05, 0) is 11.5 Å². The van der Waals surface area contributed by atoms with E-state index in [0.717, 1.165) is 5.32 Å². The Morgan fingerprint density at radius 1 is 0.906 bits per heavy atom. The van der Waals surface area contributed by atoms with Crippen molar-refractivity contribution in [3.8, 4) is 0 Å². The third-order valence-electron chi connectivity index (χ3n) is 3.99. The number of alkyl halides is 12. The second-order valence-corrected chi connectivity index (χ2v) is 6.02. The molecule has 0 radical (unpaired) electrons. The predicted molar refractivity (Wildman–Crippen MR) is 84.8 cm³/mol. The molecule has 1 aromatic carbocycles. The van der Waals surface area contributed by atoms with Gasteiger partial charge in [0, 0.05) is 0 Å². The van der Waals surface area contributed by atoms with Crippen molar-refractivity contribution >= 4 is 24.2 Å². The molecular weight excluding hydrogens is 481 g/mol. The molecule has 32 heavy (non-hydrogen) atoms. The maximum atomic E-state index is 14.4. The van der Waals surface area contributed by atoms with Crippen LogP contribution < -0.4 is 10.8 Å². The van der Waals surface area contributed by atoms with E-state index in [1.54, 1.807) is 0 Å². The number of hydrogen-bond acceptors (Lipinski definition) is 3. The van der Waals surface area contributed by atoms with Gasteiger partial charge in [-0.3, -0.25) is 4.79 Å². The summed E-state index contributed by atoms with van der Waals surface area (Å²) in [7, 11) is -3.29. The molecule has 0 saturated heterocycles. The van der Waals surface area contributed by atoms with Gasteiger partial charge in [-0.15, -0.1) is 0 Å². The van der Waals surface area contributed by atoms with Crippen molar-refractivity contribution in [3.05, 3.63) is 35.9 Å². The quantitative estimate of drug-likeness (QED) is 0.282. The van der Waals surface area contributed by atoms with E-state index in [4.69, 9.17) is 10.0 Å². The minimum absolute atomic E-state index is 0.0996. The van der Waals surface area contributed by atoms with E-state index in [9.17, 15) is 57.5 Å². The van der Waals surface area contributed by atoms with E-state index in [2.05, 4.69) is 6.58 Å². The van der Waals surface area contributed by atoms with Crippen LogP contribution in [-0.4, -0.2) is 47.8 Å². The lowest BCUT2D eigenvalue weighted by Gasteiger charge is -2.33. The lowest BCUT2D eigenvalue weighted by Crippen LogP contribution is -2.51. The fourth-order valence-corrected chi connectivity index (χ4v) is 2.36. The topological polar surface area (TPSA) is 69.6 Å². The number of anilines is 1. The van der Waals surface area contributed by atoms with Crippen molar-refractivity contribution in [1.29, 1.82) is 0 Å². The van der Waals surface area contributed by atoms with E-state index in [-0.39, 0.29) is 18.2 Å². The molecule has 17 heteroatoms.